The van der Waals surface area contributed by atoms with Crippen LogP contribution in [0.4, 0.5) is 4.39 Å². The van der Waals surface area contributed by atoms with Gasteiger partial charge in [0.1, 0.15) is 0 Å². The zero-order chi connectivity index (χ0) is 14.0. The molecule has 0 N–H and O–H groups in total. The van der Waals surface area contributed by atoms with Crippen molar-refractivity contribution in [3.05, 3.63) is 64.5 Å². The Morgan fingerprint density at radius 2 is 1.89 bits per heavy atom. The summed E-state index contributed by atoms with van der Waals surface area (Å²) in [6.45, 7) is 4.07. The molecule has 0 radical (unpaired) electrons. The van der Waals surface area contributed by atoms with Gasteiger partial charge in [-0.2, -0.15) is 0 Å². The molecule has 100 valence electrons. The Kier molecular flexibility index (Phi) is 4.11. The Morgan fingerprint density at radius 3 is 2.53 bits per heavy atom. The minimum absolute atomic E-state index is 0.230. The van der Waals surface area contributed by atoms with Crippen LogP contribution in [-0.4, -0.2) is 7.11 Å². The lowest BCUT2D eigenvalue weighted by atomic mass is 9.97. The Morgan fingerprint density at radius 1 is 1.16 bits per heavy atom. The summed E-state index contributed by atoms with van der Waals surface area (Å²) in [7, 11) is 1.45. The van der Waals surface area contributed by atoms with Crippen LogP contribution in [0.5, 0.6) is 5.75 Å². The van der Waals surface area contributed by atoms with Gasteiger partial charge in [0.05, 0.1) is 12.5 Å². The molecule has 0 amide bonds. The van der Waals surface area contributed by atoms with Crippen LogP contribution >= 0.6 is 11.6 Å². The zero-order valence-electron chi connectivity index (χ0n) is 11.2. The van der Waals surface area contributed by atoms with Gasteiger partial charge in [-0.25, -0.2) is 4.39 Å². The third kappa shape index (κ3) is 2.74. The van der Waals surface area contributed by atoms with Crippen LogP contribution in [0.1, 0.15) is 27.6 Å². The van der Waals surface area contributed by atoms with E-state index in [1.807, 2.05) is 32.0 Å². The van der Waals surface area contributed by atoms with Gasteiger partial charge in [0, 0.05) is 0 Å². The van der Waals surface area contributed by atoms with Crippen LogP contribution in [0.3, 0.4) is 0 Å². The molecule has 2 rings (SSSR count). The number of alkyl halides is 1. The van der Waals surface area contributed by atoms with Crippen molar-refractivity contribution in [1.82, 2.24) is 0 Å². The van der Waals surface area contributed by atoms with E-state index in [2.05, 4.69) is 0 Å². The molecule has 1 atom stereocenters. The normalized spacial score (nSPS) is 12.3. The monoisotopic (exact) mass is 278 g/mol. The molecular weight excluding hydrogens is 263 g/mol. The Labute approximate surface area is 118 Å². The minimum Gasteiger partial charge on any atom is -0.494 e. The molecule has 0 aromatic heterocycles. The van der Waals surface area contributed by atoms with E-state index in [0.29, 0.717) is 0 Å². The predicted octanol–water partition coefficient (Wildman–Crippen LogP) is 4.78. The maximum atomic E-state index is 13.7. The van der Waals surface area contributed by atoms with E-state index in [1.54, 1.807) is 12.1 Å². The first-order valence-electron chi connectivity index (χ1n) is 6.08. The number of halogens is 2. The number of aryl methyl sites for hydroxylation is 1. The van der Waals surface area contributed by atoms with Crippen molar-refractivity contribution < 1.29 is 9.13 Å². The molecule has 1 unspecified atom stereocenters. The smallest absolute Gasteiger partial charge is 0.165 e. The molecule has 2 aromatic rings. The number of rotatable bonds is 3. The lowest BCUT2D eigenvalue weighted by Gasteiger charge is -2.15. The first-order chi connectivity index (χ1) is 9.04. The average molecular weight is 279 g/mol. The highest BCUT2D eigenvalue weighted by atomic mass is 35.5. The fraction of sp³-hybridized carbons (Fsp3) is 0.250. The Hall–Kier alpha value is -1.54. The summed E-state index contributed by atoms with van der Waals surface area (Å²) < 4.78 is 18.6. The fourth-order valence-corrected chi connectivity index (χ4v) is 2.44. The summed E-state index contributed by atoms with van der Waals surface area (Å²) in [5, 5.41) is -0.361. The van der Waals surface area contributed by atoms with E-state index >= 15 is 0 Å². The largest absolute Gasteiger partial charge is 0.494 e. The highest BCUT2D eigenvalue weighted by Gasteiger charge is 2.16. The van der Waals surface area contributed by atoms with Crippen LogP contribution in [0.2, 0.25) is 0 Å². The van der Waals surface area contributed by atoms with Gasteiger partial charge in [-0.1, -0.05) is 24.3 Å². The van der Waals surface area contributed by atoms with Crippen LogP contribution < -0.4 is 4.74 Å². The summed E-state index contributed by atoms with van der Waals surface area (Å²) >= 11 is 6.47. The maximum Gasteiger partial charge on any atom is 0.165 e. The van der Waals surface area contributed by atoms with Crippen molar-refractivity contribution in [2.75, 3.05) is 7.11 Å². The number of methoxy groups -OCH3 is 1. The number of hydrogen-bond donors (Lipinski definition) is 0. The van der Waals surface area contributed by atoms with Gasteiger partial charge in [0.15, 0.2) is 11.6 Å². The molecule has 1 nitrogen and oxygen atoms in total. The van der Waals surface area contributed by atoms with Crippen molar-refractivity contribution in [2.24, 2.45) is 0 Å². The highest BCUT2D eigenvalue weighted by molar-refractivity contribution is 6.22. The summed E-state index contributed by atoms with van der Waals surface area (Å²) in [4.78, 5) is 0. The zero-order valence-corrected chi connectivity index (χ0v) is 12.0. The average Bonchev–Trinajstić information content (AvgIpc) is 2.41. The van der Waals surface area contributed by atoms with E-state index in [0.717, 1.165) is 16.7 Å². The molecule has 19 heavy (non-hydrogen) atoms. The molecule has 0 aliphatic rings. The number of benzene rings is 2. The molecular formula is C16H16ClFO. The van der Waals surface area contributed by atoms with Crippen LogP contribution in [0.15, 0.2) is 36.4 Å². The van der Waals surface area contributed by atoms with Crippen LogP contribution in [0.25, 0.3) is 0 Å². The first kappa shape index (κ1) is 13.9. The molecule has 0 saturated carbocycles. The van der Waals surface area contributed by atoms with Gasteiger partial charge in [-0.05, 0) is 48.2 Å². The quantitative estimate of drug-likeness (QED) is 0.734. The van der Waals surface area contributed by atoms with Crippen molar-refractivity contribution in [3.8, 4) is 5.75 Å². The molecule has 0 spiro atoms. The Bertz CT molecular complexity index is 595. The molecule has 0 bridgehead atoms. The van der Waals surface area contributed by atoms with Gasteiger partial charge in [0.25, 0.3) is 0 Å². The van der Waals surface area contributed by atoms with Crippen LogP contribution in [0, 0.1) is 19.7 Å². The van der Waals surface area contributed by atoms with Gasteiger partial charge >= 0.3 is 0 Å². The topological polar surface area (TPSA) is 9.23 Å². The first-order valence-corrected chi connectivity index (χ1v) is 6.52. The molecule has 2 aromatic carbocycles. The van der Waals surface area contributed by atoms with E-state index in [-0.39, 0.29) is 11.1 Å². The molecule has 3 heteroatoms. The third-order valence-corrected chi connectivity index (χ3v) is 3.88. The van der Waals surface area contributed by atoms with Gasteiger partial charge < -0.3 is 4.74 Å². The second-order valence-electron chi connectivity index (χ2n) is 4.55. The number of hydrogen-bond acceptors (Lipinski definition) is 1. The summed E-state index contributed by atoms with van der Waals surface area (Å²) in [6.07, 6.45) is 0. The van der Waals surface area contributed by atoms with Crippen molar-refractivity contribution in [2.45, 2.75) is 19.2 Å². The lowest BCUT2D eigenvalue weighted by Crippen LogP contribution is -1.99. The van der Waals surface area contributed by atoms with Crippen LogP contribution in [-0.2, 0) is 0 Å². The highest BCUT2D eigenvalue weighted by Crippen LogP contribution is 2.33. The predicted molar refractivity (Wildman–Crippen MR) is 76.6 cm³/mol. The van der Waals surface area contributed by atoms with Gasteiger partial charge in [-0.3, -0.25) is 0 Å². The van der Waals surface area contributed by atoms with E-state index < -0.39 is 5.82 Å². The Balaban J connectivity index is 2.41. The molecule has 0 fully saturated rings. The molecule has 0 aliphatic heterocycles. The summed E-state index contributed by atoms with van der Waals surface area (Å²) in [5.74, 6) is -0.162. The van der Waals surface area contributed by atoms with E-state index in [4.69, 9.17) is 16.3 Å². The summed E-state index contributed by atoms with van der Waals surface area (Å²) in [6, 6.07) is 10.8. The fourth-order valence-electron chi connectivity index (χ4n) is 2.07. The van der Waals surface area contributed by atoms with E-state index in [1.165, 1.54) is 18.7 Å². The van der Waals surface area contributed by atoms with Crippen molar-refractivity contribution in [3.63, 3.8) is 0 Å². The lowest BCUT2D eigenvalue weighted by molar-refractivity contribution is 0.386. The maximum absolute atomic E-state index is 13.7. The standard InChI is InChI=1S/C16H16ClFO/c1-10-5-4-6-13(11(10)2)16(17)12-7-8-15(19-3)14(18)9-12/h4-9,16H,1-3H3. The molecule has 0 saturated heterocycles. The number of ether oxygens (including phenoxy) is 1. The van der Waals surface area contributed by atoms with Gasteiger partial charge in [0.2, 0.25) is 0 Å². The second-order valence-corrected chi connectivity index (χ2v) is 4.98. The SMILES string of the molecule is COc1ccc(C(Cl)c2cccc(C)c2C)cc1F. The van der Waals surface area contributed by atoms with E-state index in [9.17, 15) is 4.39 Å². The van der Waals surface area contributed by atoms with Crippen molar-refractivity contribution in [1.29, 1.82) is 0 Å². The molecule has 0 heterocycles. The molecule has 0 aliphatic carbocycles. The third-order valence-electron chi connectivity index (χ3n) is 3.39. The minimum atomic E-state index is -0.393. The second kappa shape index (κ2) is 5.62. The van der Waals surface area contributed by atoms with Gasteiger partial charge in [-0.15, -0.1) is 11.6 Å². The summed E-state index contributed by atoms with van der Waals surface area (Å²) in [5.41, 5.74) is 4.05. The van der Waals surface area contributed by atoms with Crippen molar-refractivity contribution >= 4 is 11.6 Å².